The van der Waals surface area contributed by atoms with E-state index in [2.05, 4.69) is 17.2 Å². The maximum Gasteiger partial charge on any atom is 0.293 e. The highest BCUT2D eigenvalue weighted by atomic mass is 16.1. The first-order valence-electron chi connectivity index (χ1n) is 6.89. The van der Waals surface area contributed by atoms with Crippen molar-refractivity contribution in [3.8, 4) is 0 Å². The maximum atomic E-state index is 12.1. The molecular formula is C14H23N3O. The fraction of sp³-hybridized carbons (Fsp3) is 0.714. The lowest BCUT2D eigenvalue weighted by molar-refractivity contribution is 0.534. The van der Waals surface area contributed by atoms with Crippen molar-refractivity contribution < 1.29 is 0 Å². The molecule has 2 rings (SSSR count). The lowest BCUT2D eigenvalue weighted by Crippen LogP contribution is -2.27. The standard InChI is InChI=1S/C14H23N3O/c1-10(2)17-7-6-15-13(14(17)18)16-9-12-5-4-11(3)8-12/h6-7,10-12H,4-5,8-9H2,1-3H3,(H,15,16). The summed E-state index contributed by atoms with van der Waals surface area (Å²) in [6.07, 6.45) is 7.28. The molecule has 0 bridgehead atoms. The fourth-order valence-electron chi connectivity index (χ4n) is 2.70. The van der Waals surface area contributed by atoms with Crippen molar-refractivity contribution >= 4 is 5.82 Å². The van der Waals surface area contributed by atoms with Crippen LogP contribution in [0.2, 0.25) is 0 Å². The largest absolute Gasteiger partial charge is 0.365 e. The van der Waals surface area contributed by atoms with Crippen LogP contribution >= 0.6 is 0 Å². The normalized spacial score (nSPS) is 23.6. The Morgan fingerprint density at radius 2 is 2.28 bits per heavy atom. The van der Waals surface area contributed by atoms with Gasteiger partial charge in [0.1, 0.15) is 0 Å². The summed E-state index contributed by atoms with van der Waals surface area (Å²) in [4.78, 5) is 16.3. The molecule has 2 unspecified atom stereocenters. The Bertz CT molecular complexity index is 453. The molecule has 18 heavy (non-hydrogen) atoms. The summed E-state index contributed by atoms with van der Waals surface area (Å²) in [6.45, 7) is 7.18. The van der Waals surface area contributed by atoms with Gasteiger partial charge in [-0.15, -0.1) is 0 Å². The molecule has 0 aromatic carbocycles. The van der Waals surface area contributed by atoms with Crippen LogP contribution in [0.15, 0.2) is 17.2 Å². The Hall–Kier alpha value is -1.32. The van der Waals surface area contributed by atoms with Gasteiger partial charge < -0.3 is 9.88 Å². The van der Waals surface area contributed by atoms with Gasteiger partial charge in [-0.3, -0.25) is 4.79 Å². The van der Waals surface area contributed by atoms with Crippen LogP contribution in [0, 0.1) is 11.8 Å². The summed E-state index contributed by atoms with van der Waals surface area (Å²) in [5, 5.41) is 3.23. The van der Waals surface area contributed by atoms with E-state index in [1.165, 1.54) is 19.3 Å². The molecule has 1 N–H and O–H groups in total. The number of rotatable bonds is 4. The van der Waals surface area contributed by atoms with Gasteiger partial charge in [0.2, 0.25) is 0 Å². The highest BCUT2D eigenvalue weighted by Gasteiger charge is 2.21. The Morgan fingerprint density at radius 3 is 2.89 bits per heavy atom. The average molecular weight is 249 g/mol. The van der Waals surface area contributed by atoms with E-state index in [1.807, 2.05) is 13.8 Å². The molecule has 4 heteroatoms. The second-order valence-corrected chi connectivity index (χ2v) is 5.75. The molecule has 0 spiro atoms. The summed E-state index contributed by atoms with van der Waals surface area (Å²) in [5.41, 5.74) is -0.0152. The number of nitrogens with zero attached hydrogens (tertiary/aromatic N) is 2. The molecule has 1 aliphatic carbocycles. The minimum atomic E-state index is -0.0152. The predicted octanol–water partition coefficient (Wildman–Crippen LogP) is 2.67. The highest BCUT2D eigenvalue weighted by Crippen LogP contribution is 2.29. The van der Waals surface area contributed by atoms with Gasteiger partial charge in [0.05, 0.1) is 0 Å². The van der Waals surface area contributed by atoms with Crippen LogP contribution in [0.4, 0.5) is 5.82 Å². The SMILES string of the molecule is CC1CCC(CNc2nccn(C(C)C)c2=O)C1. The van der Waals surface area contributed by atoms with Crippen LogP contribution < -0.4 is 10.9 Å². The zero-order valence-electron chi connectivity index (χ0n) is 11.5. The molecule has 1 saturated carbocycles. The summed E-state index contributed by atoms with van der Waals surface area (Å²) < 4.78 is 1.71. The topological polar surface area (TPSA) is 46.9 Å². The Morgan fingerprint density at radius 1 is 1.50 bits per heavy atom. The third-order valence-corrected chi connectivity index (χ3v) is 3.79. The Labute approximate surface area is 108 Å². The van der Waals surface area contributed by atoms with Gasteiger partial charge in [0.25, 0.3) is 5.56 Å². The van der Waals surface area contributed by atoms with E-state index in [1.54, 1.807) is 17.0 Å². The van der Waals surface area contributed by atoms with Crippen LogP contribution in [0.5, 0.6) is 0 Å². The van der Waals surface area contributed by atoms with Crippen molar-refractivity contribution in [2.75, 3.05) is 11.9 Å². The molecule has 0 aliphatic heterocycles. The van der Waals surface area contributed by atoms with Gasteiger partial charge in [0.15, 0.2) is 5.82 Å². The van der Waals surface area contributed by atoms with Crippen LogP contribution in [-0.2, 0) is 0 Å². The van der Waals surface area contributed by atoms with Crippen molar-refractivity contribution in [2.24, 2.45) is 11.8 Å². The number of aromatic nitrogens is 2. The van der Waals surface area contributed by atoms with Gasteiger partial charge in [-0.05, 0) is 38.5 Å². The van der Waals surface area contributed by atoms with E-state index >= 15 is 0 Å². The number of anilines is 1. The molecule has 1 aromatic heterocycles. The fourth-order valence-corrected chi connectivity index (χ4v) is 2.70. The van der Waals surface area contributed by atoms with Crippen LogP contribution in [0.25, 0.3) is 0 Å². The quantitative estimate of drug-likeness (QED) is 0.892. The van der Waals surface area contributed by atoms with E-state index < -0.39 is 0 Å². The number of hydrogen-bond acceptors (Lipinski definition) is 3. The van der Waals surface area contributed by atoms with E-state index in [0.29, 0.717) is 11.7 Å². The molecular weight excluding hydrogens is 226 g/mol. The third kappa shape index (κ3) is 2.92. The van der Waals surface area contributed by atoms with Gasteiger partial charge in [-0.2, -0.15) is 0 Å². The lowest BCUT2D eigenvalue weighted by Gasteiger charge is -2.14. The van der Waals surface area contributed by atoms with Crippen LogP contribution in [-0.4, -0.2) is 16.1 Å². The zero-order valence-corrected chi connectivity index (χ0v) is 11.5. The molecule has 0 radical (unpaired) electrons. The summed E-state index contributed by atoms with van der Waals surface area (Å²) in [6, 6.07) is 0.174. The van der Waals surface area contributed by atoms with Crippen molar-refractivity contribution in [1.82, 2.24) is 9.55 Å². The van der Waals surface area contributed by atoms with Gasteiger partial charge in [0, 0.05) is 25.0 Å². The van der Waals surface area contributed by atoms with E-state index in [-0.39, 0.29) is 11.6 Å². The molecule has 2 atom stereocenters. The molecule has 4 nitrogen and oxygen atoms in total. The van der Waals surface area contributed by atoms with E-state index in [9.17, 15) is 4.79 Å². The first-order chi connectivity index (χ1) is 8.58. The molecule has 0 amide bonds. The molecule has 100 valence electrons. The first-order valence-corrected chi connectivity index (χ1v) is 6.89. The molecule has 1 aromatic rings. The molecule has 0 saturated heterocycles. The molecule has 1 aliphatic rings. The summed E-state index contributed by atoms with van der Waals surface area (Å²) >= 11 is 0. The predicted molar refractivity (Wildman–Crippen MR) is 73.9 cm³/mol. The van der Waals surface area contributed by atoms with Gasteiger partial charge >= 0.3 is 0 Å². The minimum absolute atomic E-state index is 0.0152. The van der Waals surface area contributed by atoms with E-state index in [0.717, 1.165) is 12.5 Å². The van der Waals surface area contributed by atoms with E-state index in [4.69, 9.17) is 0 Å². The maximum absolute atomic E-state index is 12.1. The first kappa shape index (κ1) is 13.1. The van der Waals surface area contributed by atoms with Crippen molar-refractivity contribution in [2.45, 2.75) is 46.1 Å². The Balaban J connectivity index is 2.01. The summed E-state index contributed by atoms with van der Waals surface area (Å²) in [7, 11) is 0. The minimum Gasteiger partial charge on any atom is -0.365 e. The summed E-state index contributed by atoms with van der Waals surface area (Å²) in [5.74, 6) is 2.01. The van der Waals surface area contributed by atoms with Crippen molar-refractivity contribution in [3.63, 3.8) is 0 Å². The number of nitrogens with one attached hydrogen (secondary N) is 1. The monoisotopic (exact) mass is 249 g/mol. The second kappa shape index (κ2) is 5.55. The van der Waals surface area contributed by atoms with Crippen LogP contribution in [0.3, 0.4) is 0 Å². The smallest absolute Gasteiger partial charge is 0.293 e. The number of hydrogen-bond donors (Lipinski definition) is 1. The Kier molecular flexibility index (Phi) is 4.04. The van der Waals surface area contributed by atoms with Gasteiger partial charge in [-0.25, -0.2) is 4.98 Å². The lowest BCUT2D eigenvalue weighted by atomic mass is 10.1. The van der Waals surface area contributed by atoms with Crippen molar-refractivity contribution in [3.05, 3.63) is 22.7 Å². The molecule has 1 fully saturated rings. The van der Waals surface area contributed by atoms with Crippen molar-refractivity contribution in [1.29, 1.82) is 0 Å². The second-order valence-electron chi connectivity index (χ2n) is 5.75. The van der Waals surface area contributed by atoms with Gasteiger partial charge in [-0.1, -0.05) is 13.3 Å². The van der Waals surface area contributed by atoms with Crippen LogP contribution in [0.1, 0.15) is 46.1 Å². The zero-order chi connectivity index (χ0) is 13.1. The molecule has 1 heterocycles. The average Bonchev–Trinajstić information content (AvgIpc) is 2.73. The third-order valence-electron chi connectivity index (χ3n) is 3.79. The highest BCUT2D eigenvalue weighted by molar-refractivity contribution is 5.30.